The molecule has 0 bridgehead atoms. The average molecular weight is 342 g/mol. The van der Waals surface area contributed by atoms with Gasteiger partial charge in [-0.1, -0.05) is 22.0 Å². The standard InChI is InChI=1S/C13H7BrF3N3/c14-9-2-1-3-10(6-9)19-12-8(7-18)4-5-11(20-12)13(15,16)17/h1-6H,(H,19,20). The van der Waals surface area contributed by atoms with Crippen LogP contribution in [0.2, 0.25) is 0 Å². The third kappa shape index (κ3) is 3.27. The van der Waals surface area contributed by atoms with Crippen molar-refractivity contribution in [3.05, 3.63) is 52.1 Å². The van der Waals surface area contributed by atoms with E-state index in [2.05, 4.69) is 26.2 Å². The van der Waals surface area contributed by atoms with E-state index in [0.717, 1.165) is 16.6 Å². The van der Waals surface area contributed by atoms with Crippen molar-refractivity contribution in [1.82, 2.24) is 4.98 Å². The van der Waals surface area contributed by atoms with Crippen LogP contribution in [0.1, 0.15) is 11.3 Å². The van der Waals surface area contributed by atoms with E-state index in [4.69, 9.17) is 5.26 Å². The molecule has 102 valence electrons. The van der Waals surface area contributed by atoms with E-state index < -0.39 is 11.9 Å². The first kappa shape index (κ1) is 14.3. The van der Waals surface area contributed by atoms with Gasteiger partial charge in [0, 0.05) is 10.2 Å². The molecule has 2 rings (SSSR count). The Kier molecular flexibility index (Phi) is 3.95. The Bertz CT molecular complexity index is 677. The Morgan fingerprint density at radius 3 is 2.55 bits per heavy atom. The first-order valence-electron chi connectivity index (χ1n) is 5.41. The summed E-state index contributed by atoms with van der Waals surface area (Å²) < 4.78 is 38.6. The predicted molar refractivity (Wildman–Crippen MR) is 71.4 cm³/mol. The van der Waals surface area contributed by atoms with Crippen LogP contribution in [-0.2, 0) is 6.18 Å². The summed E-state index contributed by atoms with van der Waals surface area (Å²) in [5.74, 6) is -0.125. The van der Waals surface area contributed by atoms with Gasteiger partial charge >= 0.3 is 6.18 Å². The van der Waals surface area contributed by atoms with Gasteiger partial charge in [-0.15, -0.1) is 0 Å². The number of nitrogens with one attached hydrogen (secondary N) is 1. The molecule has 7 heteroatoms. The van der Waals surface area contributed by atoms with Crippen LogP contribution in [0.25, 0.3) is 0 Å². The number of nitriles is 1. The SMILES string of the molecule is N#Cc1ccc(C(F)(F)F)nc1Nc1cccc(Br)c1. The lowest BCUT2D eigenvalue weighted by molar-refractivity contribution is -0.141. The monoisotopic (exact) mass is 341 g/mol. The summed E-state index contributed by atoms with van der Waals surface area (Å²) in [7, 11) is 0. The molecule has 0 aliphatic rings. The minimum absolute atomic E-state index is 0.0398. The van der Waals surface area contributed by atoms with E-state index in [0.29, 0.717) is 5.69 Å². The molecule has 0 unspecified atom stereocenters. The molecule has 0 atom stereocenters. The minimum Gasteiger partial charge on any atom is -0.339 e. The maximum absolute atomic E-state index is 12.6. The van der Waals surface area contributed by atoms with E-state index in [-0.39, 0.29) is 11.4 Å². The summed E-state index contributed by atoms with van der Waals surface area (Å²) in [6.07, 6.45) is -4.55. The zero-order chi connectivity index (χ0) is 14.8. The summed E-state index contributed by atoms with van der Waals surface area (Å²) in [5.41, 5.74) is -0.477. The second-order valence-electron chi connectivity index (χ2n) is 3.84. The van der Waals surface area contributed by atoms with Gasteiger partial charge in [0.15, 0.2) is 0 Å². The quantitative estimate of drug-likeness (QED) is 0.876. The first-order valence-corrected chi connectivity index (χ1v) is 6.20. The molecule has 0 amide bonds. The van der Waals surface area contributed by atoms with Crippen molar-refractivity contribution >= 4 is 27.4 Å². The fraction of sp³-hybridized carbons (Fsp3) is 0.0769. The van der Waals surface area contributed by atoms with E-state index in [1.165, 1.54) is 0 Å². The molecule has 2 aromatic rings. The van der Waals surface area contributed by atoms with Gasteiger partial charge < -0.3 is 5.32 Å². The summed E-state index contributed by atoms with van der Waals surface area (Å²) in [6, 6.07) is 10.5. The minimum atomic E-state index is -4.55. The predicted octanol–water partition coefficient (Wildman–Crippen LogP) is 4.48. The molecule has 0 radical (unpaired) electrons. The van der Waals surface area contributed by atoms with Crippen LogP contribution in [0, 0.1) is 11.3 Å². The fourth-order valence-electron chi connectivity index (χ4n) is 1.51. The smallest absolute Gasteiger partial charge is 0.339 e. The molecule has 0 aliphatic carbocycles. The van der Waals surface area contributed by atoms with Crippen molar-refractivity contribution in [2.24, 2.45) is 0 Å². The van der Waals surface area contributed by atoms with Gasteiger partial charge in [-0.2, -0.15) is 18.4 Å². The van der Waals surface area contributed by atoms with E-state index in [9.17, 15) is 13.2 Å². The first-order chi connectivity index (χ1) is 9.40. The molecule has 3 nitrogen and oxygen atoms in total. The fourth-order valence-corrected chi connectivity index (χ4v) is 1.90. The Balaban J connectivity index is 2.42. The van der Waals surface area contributed by atoms with Crippen LogP contribution in [0.5, 0.6) is 0 Å². The van der Waals surface area contributed by atoms with Crippen LogP contribution >= 0.6 is 15.9 Å². The van der Waals surface area contributed by atoms with Gasteiger partial charge in [-0.3, -0.25) is 0 Å². The van der Waals surface area contributed by atoms with Gasteiger partial charge in [0.05, 0.1) is 5.56 Å². The summed E-state index contributed by atoms with van der Waals surface area (Å²) in [5, 5.41) is 11.6. The number of anilines is 2. The van der Waals surface area contributed by atoms with Crippen molar-refractivity contribution in [2.45, 2.75) is 6.18 Å². The molecule has 0 saturated heterocycles. The molecule has 1 aromatic heterocycles. The summed E-state index contributed by atoms with van der Waals surface area (Å²) >= 11 is 3.25. The third-order valence-electron chi connectivity index (χ3n) is 2.39. The van der Waals surface area contributed by atoms with Crippen LogP contribution in [-0.4, -0.2) is 4.98 Å². The lowest BCUT2D eigenvalue weighted by Crippen LogP contribution is -2.10. The number of halogens is 4. The van der Waals surface area contributed by atoms with Gasteiger partial charge in [-0.25, -0.2) is 4.98 Å². The average Bonchev–Trinajstić information content (AvgIpc) is 2.37. The van der Waals surface area contributed by atoms with Crippen LogP contribution < -0.4 is 5.32 Å². The molecule has 1 aromatic carbocycles. The van der Waals surface area contributed by atoms with Crippen LogP contribution in [0.4, 0.5) is 24.7 Å². The second-order valence-corrected chi connectivity index (χ2v) is 4.75. The second kappa shape index (κ2) is 5.51. The van der Waals surface area contributed by atoms with Gasteiger partial charge in [0.1, 0.15) is 17.6 Å². The number of alkyl halides is 3. The zero-order valence-electron chi connectivity index (χ0n) is 9.87. The Hall–Kier alpha value is -2.07. The van der Waals surface area contributed by atoms with Crippen molar-refractivity contribution in [3.8, 4) is 6.07 Å². The van der Waals surface area contributed by atoms with E-state index >= 15 is 0 Å². The molecule has 1 N–H and O–H groups in total. The van der Waals surface area contributed by atoms with E-state index in [1.54, 1.807) is 30.3 Å². The molecule has 20 heavy (non-hydrogen) atoms. The normalized spacial score (nSPS) is 10.9. The molecule has 0 fully saturated rings. The highest BCUT2D eigenvalue weighted by Gasteiger charge is 2.33. The van der Waals surface area contributed by atoms with Gasteiger partial charge in [0.25, 0.3) is 0 Å². The molecule has 0 aliphatic heterocycles. The molecular formula is C13H7BrF3N3. The van der Waals surface area contributed by atoms with Crippen molar-refractivity contribution in [2.75, 3.05) is 5.32 Å². The van der Waals surface area contributed by atoms with E-state index in [1.807, 2.05) is 0 Å². The number of aromatic nitrogens is 1. The summed E-state index contributed by atoms with van der Waals surface area (Å²) in [4.78, 5) is 3.47. The Labute approximate surface area is 121 Å². The number of nitrogens with zero attached hydrogens (tertiary/aromatic N) is 2. The number of pyridine rings is 1. The Morgan fingerprint density at radius 2 is 1.95 bits per heavy atom. The molecular weight excluding hydrogens is 335 g/mol. The van der Waals surface area contributed by atoms with Crippen molar-refractivity contribution in [1.29, 1.82) is 5.26 Å². The number of rotatable bonds is 2. The highest BCUT2D eigenvalue weighted by Crippen LogP contribution is 2.30. The topological polar surface area (TPSA) is 48.7 Å². The maximum Gasteiger partial charge on any atom is 0.433 e. The van der Waals surface area contributed by atoms with Crippen LogP contribution in [0.3, 0.4) is 0 Å². The lowest BCUT2D eigenvalue weighted by Gasteiger charge is -2.11. The molecule has 0 saturated carbocycles. The van der Waals surface area contributed by atoms with Gasteiger partial charge in [0.2, 0.25) is 0 Å². The zero-order valence-corrected chi connectivity index (χ0v) is 11.5. The highest BCUT2D eigenvalue weighted by molar-refractivity contribution is 9.10. The number of benzene rings is 1. The third-order valence-corrected chi connectivity index (χ3v) is 2.89. The largest absolute Gasteiger partial charge is 0.433 e. The lowest BCUT2D eigenvalue weighted by atomic mass is 10.2. The van der Waals surface area contributed by atoms with Crippen molar-refractivity contribution in [3.63, 3.8) is 0 Å². The summed E-state index contributed by atoms with van der Waals surface area (Å²) in [6.45, 7) is 0. The van der Waals surface area contributed by atoms with Crippen LogP contribution in [0.15, 0.2) is 40.9 Å². The molecule has 1 heterocycles. The number of hydrogen-bond acceptors (Lipinski definition) is 3. The highest BCUT2D eigenvalue weighted by atomic mass is 79.9. The number of hydrogen-bond donors (Lipinski definition) is 1. The Morgan fingerprint density at radius 1 is 1.20 bits per heavy atom. The maximum atomic E-state index is 12.6. The van der Waals surface area contributed by atoms with Gasteiger partial charge in [-0.05, 0) is 30.3 Å². The van der Waals surface area contributed by atoms with Crippen molar-refractivity contribution < 1.29 is 13.2 Å². The molecule has 0 spiro atoms.